The average molecular weight is 559 g/mol. The van der Waals surface area contributed by atoms with E-state index in [-0.39, 0.29) is 0 Å². The van der Waals surface area contributed by atoms with Gasteiger partial charge in [0.05, 0.1) is 0 Å². The van der Waals surface area contributed by atoms with Crippen LogP contribution in [0.2, 0.25) is 0 Å². The number of nitrogens with zero attached hydrogens (tertiary/aromatic N) is 2. The zero-order valence-electron chi connectivity index (χ0n) is 23.0. The summed E-state index contributed by atoms with van der Waals surface area (Å²) in [6, 6.07) is 56.8. The lowest BCUT2D eigenvalue weighted by Crippen LogP contribution is -2.44. The van der Waals surface area contributed by atoms with Crippen LogP contribution in [-0.4, -0.2) is 28.0 Å². The largest absolute Gasteiger partial charge is 0.295 e. The molecule has 1 unspecified atom stereocenters. The number of benzene rings is 5. The van der Waals surface area contributed by atoms with Crippen LogP contribution in [0.5, 0.6) is 0 Å². The maximum absolute atomic E-state index is 2.97. The van der Waals surface area contributed by atoms with Crippen molar-refractivity contribution in [1.29, 1.82) is 0 Å². The summed E-state index contributed by atoms with van der Waals surface area (Å²) in [5.41, 5.74) is 1.39. The summed E-state index contributed by atoms with van der Waals surface area (Å²) in [6.07, 6.45) is 1.16. The standard InChI is InChI=1S/C36H36N2P2/c1-30-36(27-28-37(30)29-31-17-7-2-8-18-31)38(39(32-19-9-3-10-20-32)33-21-11-4-12-22-33)40(34-23-13-5-14-24-34)35-25-15-6-16-26-35/h2-26,30,36H,27-29H2,1H3/t30-,36?/m1/s1. The molecule has 1 fully saturated rings. The van der Waals surface area contributed by atoms with Gasteiger partial charge in [0, 0.05) is 41.3 Å². The van der Waals surface area contributed by atoms with Crippen molar-refractivity contribution in [3.8, 4) is 0 Å². The van der Waals surface area contributed by atoms with Gasteiger partial charge in [-0.05, 0) is 40.1 Å². The highest BCUT2D eigenvalue weighted by Crippen LogP contribution is 2.57. The van der Waals surface area contributed by atoms with Gasteiger partial charge in [-0.3, -0.25) is 4.90 Å². The van der Waals surface area contributed by atoms with Crippen LogP contribution in [0, 0.1) is 0 Å². The minimum atomic E-state index is -0.781. The van der Waals surface area contributed by atoms with Crippen molar-refractivity contribution < 1.29 is 0 Å². The SMILES string of the molecule is C[C@@H]1C(N(P(c2ccccc2)c2ccccc2)P(c2ccccc2)c2ccccc2)CCN1Cc1ccccc1. The third-order valence-electron chi connectivity index (χ3n) is 7.78. The zero-order valence-corrected chi connectivity index (χ0v) is 24.8. The molecule has 4 heteroatoms. The molecule has 1 saturated heterocycles. The van der Waals surface area contributed by atoms with Gasteiger partial charge in [0.2, 0.25) is 0 Å². The molecular weight excluding hydrogens is 522 g/mol. The predicted molar refractivity (Wildman–Crippen MR) is 175 cm³/mol. The van der Waals surface area contributed by atoms with Crippen LogP contribution < -0.4 is 21.2 Å². The van der Waals surface area contributed by atoms with Crippen molar-refractivity contribution >= 4 is 37.4 Å². The third kappa shape index (κ3) is 5.97. The van der Waals surface area contributed by atoms with Crippen molar-refractivity contribution in [2.75, 3.05) is 6.54 Å². The Labute approximate surface area is 241 Å². The van der Waals surface area contributed by atoms with E-state index in [9.17, 15) is 0 Å². The van der Waals surface area contributed by atoms with Crippen LogP contribution in [-0.2, 0) is 6.54 Å². The molecule has 5 aromatic rings. The predicted octanol–water partition coefficient (Wildman–Crippen LogP) is 7.05. The molecule has 0 spiro atoms. The van der Waals surface area contributed by atoms with Crippen molar-refractivity contribution in [2.24, 2.45) is 0 Å². The molecule has 200 valence electrons. The molecule has 0 saturated carbocycles. The number of rotatable bonds is 9. The van der Waals surface area contributed by atoms with Crippen LogP contribution in [0.3, 0.4) is 0 Å². The second-order valence-electron chi connectivity index (χ2n) is 10.3. The number of hydrogen-bond donors (Lipinski definition) is 0. The Morgan fingerprint density at radius 1 is 0.550 bits per heavy atom. The van der Waals surface area contributed by atoms with E-state index in [2.05, 4.69) is 168 Å². The lowest BCUT2D eigenvalue weighted by molar-refractivity contribution is 0.236. The summed E-state index contributed by atoms with van der Waals surface area (Å²) in [6.45, 7) is 4.56. The average Bonchev–Trinajstić information content (AvgIpc) is 3.38. The molecule has 1 heterocycles. The van der Waals surface area contributed by atoms with Gasteiger partial charge in [0.1, 0.15) is 0 Å². The Morgan fingerprint density at radius 2 is 0.900 bits per heavy atom. The first kappa shape index (κ1) is 27.1. The smallest absolute Gasteiger partial charge is 0.0352 e. The normalized spacial score (nSPS) is 17.6. The van der Waals surface area contributed by atoms with Gasteiger partial charge in [-0.15, -0.1) is 0 Å². The Balaban J connectivity index is 1.51. The molecular formula is C36H36N2P2. The molecule has 0 amide bonds. The summed E-state index contributed by atoms with van der Waals surface area (Å²) in [5, 5.41) is 5.65. The van der Waals surface area contributed by atoms with Gasteiger partial charge in [-0.25, -0.2) is 4.44 Å². The van der Waals surface area contributed by atoms with Gasteiger partial charge in [-0.2, -0.15) is 0 Å². The molecule has 6 rings (SSSR count). The molecule has 40 heavy (non-hydrogen) atoms. The van der Waals surface area contributed by atoms with Crippen molar-refractivity contribution in [3.05, 3.63) is 157 Å². The van der Waals surface area contributed by atoms with Crippen molar-refractivity contribution in [1.82, 2.24) is 9.34 Å². The molecule has 1 aliphatic heterocycles. The van der Waals surface area contributed by atoms with E-state index in [1.54, 1.807) is 0 Å². The van der Waals surface area contributed by atoms with E-state index in [4.69, 9.17) is 0 Å². The van der Waals surface area contributed by atoms with Gasteiger partial charge in [-0.1, -0.05) is 152 Å². The van der Waals surface area contributed by atoms with Crippen LogP contribution in [0.4, 0.5) is 0 Å². The minimum absolute atomic E-state index is 0.418. The van der Waals surface area contributed by atoms with E-state index in [1.165, 1.54) is 26.8 Å². The van der Waals surface area contributed by atoms with E-state index >= 15 is 0 Å². The highest BCUT2D eigenvalue weighted by molar-refractivity contribution is 7.84. The fourth-order valence-electron chi connectivity index (χ4n) is 5.77. The van der Waals surface area contributed by atoms with Gasteiger partial charge in [0.15, 0.2) is 0 Å². The first-order valence-electron chi connectivity index (χ1n) is 14.2. The topological polar surface area (TPSA) is 6.48 Å². The Hall–Kier alpha value is -3.12. The number of hydrogen-bond acceptors (Lipinski definition) is 2. The van der Waals surface area contributed by atoms with E-state index < -0.39 is 16.1 Å². The Bertz CT molecular complexity index is 1290. The maximum Gasteiger partial charge on any atom is 0.0352 e. The second-order valence-corrected chi connectivity index (χ2v) is 14.8. The monoisotopic (exact) mass is 558 g/mol. The van der Waals surface area contributed by atoms with Crippen LogP contribution in [0.1, 0.15) is 18.9 Å². The lowest BCUT2D eigenvalue weighted by atomic mass is 10.1. The zero-order chi connectivity index (χ0) is 27.1. The van der Waals surface area contributed by atoms with Crippen LogP contribution in [0.25, 0.3) is 0 Å². The lowest BCUT2D eigenvalue weighted by Gasteiger charge is -2.44. The molecule has 0 aromatic heterocycles. The van der Waals surface area contributed by atoms with E-state index in [0.29, 0.717) is 12.1 Å². The molecule has 2 atom stereocenters. The highest BCUT2D eigenvalue weighted by Gasteiger charge is 2.43. The maximum atomic E-state index is 2.97. The van der Waals surface area contributed by atoms with E-state index in [1.807, 2.05) is 0 Å². The highest BCUT2D eigenvalue weighted by atomic mass is 31.2. The molecule has 2 nitrogen and oxygen atoms in total. The fraction of sp³-hybridized carbons (Fsp3) is 0.167. The van der Waals surface area contributed by atoms with Crippen LogP contribution >= 0.6 is 16.1 Å². The van der Waals surface area contributed by atoms with Gasteiger partial charge < -0.3 is 0 Å². The summed E-state index contributed by atoms with van der Waals surface area (Å²) in [5.74, 6) is 0. The Morgan fingerprint density at radius 3 is 1.27 bits per heavy atom. The Kier molecular flexibility index (Phi) is 8.82. The number of likely N-dealkylation sites (tertiary alicyclic amines) is 1. The van der Waals surface area contributed by atoms with E-state index in [0.717, 1.165) is 19.5 Å². The van der Waals surface area contributed by atoms with Crippen LogP contribution in [0.15, 0.2) is 152 Å². The molecule has 0 radical (unpaired) electrons. The third-order valence-corrected chi connectivity index (χ3v) is 13.4. The molecule has 5 aromatic carbocycles. The summed E-state index contributed by atoms with van der Waals surface area (Å²) in [7, 11) is -1.56. The quantitative estimate of drug-likeness (QED) is 0.179. The minimum Gasteiger partial charge on any atom is -0.295 e. The summed E-state index contributed by atoms with van der Waals surface area (Å²) >= 11 is 0. The molecule has 0 aliphatic carbocycles. The molecule has 0 bridgehead atoms. The first-order valence-corrected chi connectivity index (χ1v) is 16.8. The first-order chi connectivity index (χ1) is 19.8. The van der Waals surface area contributed by atoms with Crippen molar-refractivity contribution in [3.63, 3.8) is 0 Å². The molecule has 1 aliphatic rings. The van der Waals surface area contributed by atoms with Crippen molar-refractivity contribution in [2.45, 2.75) is 32.0 Å². The molecule has 0 N–H and O–H groups in total. The van der Waals surface area contributed by atoms with Gasteiger partial charge >= 0.3 is 0 Å². The fourth-order valence-corrected chi connectivity index (χ4v) is 12.3. The second kappa shape index (κ2) is 13.0. The van der Waals surface area contributed by atoms with Gasteiger partial charge in [0.25, 0.3) is 0 Å². The summed E-state index contributed by atoms with van der Waals surface area (Å²) in [4.78, 5) is 2.69. The summed E-state index contributed by atoms with van der Waals surface area (Å²) < 4.78 is 2.97.